The molecule has 1 aromatic carbocycles. The lowest BCUT2D eigenvalue weighted by Gasteiger charge is -2.22. The van der Waals surface area contributed by atoms with E-state index in [4.69, 9.17) is 29.9 Å². The van der Waals surface area contributed by atoms with Gasteiger partial charge in [0.05, 0.1) is 26.1 Å². The number of carboxylic acids is 3. The van der Waals surface area contributed by atoms with E-state index in [9.17, 15) is 14.4 Å². The zero-order chi connectivity index (χ0) is 27.6. The first kappa shape index (κ1) is 30.3. The number of methoxy groups -OCH3 is 1. The third-order valence-electron chi connectivity index (χ3n) is 6.62. The highest BCUT2D eigenvalue weighted by molar-refractivity contribution is 5.88. The van der Waals surface area contributed by atoms with Crippen molar-refractivity contribution in [2.75, 3.05) is 40.8 Å². The zero-order valence-electron chi connectivity index (χ0n) is 21.9. The maximum Gasteiger partial charge on any atom is 0.336 e. The Balaban J connectivity index is 0.000000317. The first-order chi connectivity index (χ1) is 17.4. The molecule has 0 spiro atoms. The van der Waals surface area contributed by atoms with Crippen LogP contribution in [0.4, 0.5) is 0 Å². The molecule has 37 heavy (non-hydrogen) atoms. The van der Waals surface area contributed by atoms with E-state index in [1.165, 1.54) is 50.8 Å². The number of hydrogen-bond donors (Lipinski definition) is 4. The molecule has 1 unspecified atom stereocenters. The minimum Gasteiger partial charge on any atom is -0.493 e. The number of likely N-dealkylation sites (tertiary alicyclic amines) is 1. The average Bonchev–Trinajstić information content (AvgIpc) is 3.45. The standard InChI is InChI=1S/C20H32N2O2.C6H8O7/c1-21-11-10-17(14-21)15-22(2)13-16-8-9-19(20(12-16)23-3)24-18-6-4-5-7-18;7-3(8)1-6(13,5(11)12)2-4(9)10/h8-9,12,17-18H,4-7,10-11,13-15H2,1-3H3;13H,1-2H2,(H,7,8)(H,9,10)(H,11,12). The van der Waals surface area contributed by atoms with Crippen molar-refractivity contribution < 1.29 is 44.3 Å². The maximum absolute atomic E-state index is 10.3. The largest absolute Gasteiger partial charge is 0.493 e. The van der Waals surface area contributed by atoms with Crippen molar-refractivity contribution in [3.8, 4) is 11.5 Å². The van der Waals surface area contributed by atoms with Gasteiger partial charge >= 0.3 is 17.9 Å². The number of aliphatic hydroxyl groups is 1. The van der Waals surface area contributed by atoms with Crippen LogP contribution in [0.3, 0.4) is 0 Å². The van der Waals surface area contributed by atoms with Gasteiger partial charge in [-0.3, -0.25) is 9.59 Å². The molecule has 1 aliphatic heterocycles. The van der Waals surface area contributed by atoms with Crippen LogP contribution in [-0.4, -0.2) is 101 Å². The molecular weight excluding hydrogens is 484 g/mol. The van der Waals surface area contributed by atoms with Crippen LogP contribution in [0.15, 0.2) is 18.2 Å². The van der Waals surface area contributed by atoms with E-state index in [0.29, 0.717) is 6.10 Å². The first-order valence-electron chi connectivity index (χ1n) is 12.5. The predicted octanol–water partition coefficient (Wildman–Crippen LogP) is 2.15. The molecule has 1 aliphatic carbocycles. The SMILES string of the molecule is COc1cc(CN(C)CC2CCN(C)C2)ccc1OC1CCCC1.O=C(O)CC(O)(CC(=O)O)C(=O)O. The summed E-state index contributed by atoms with van der Waals surface area (Å²) in [4.78, 5) is 35.3. The Labute approximate surface area is 217 Å². The van der Waals surface area contributed by atoms with Crippen molar-refractivity contribution in [2.45, 2.75) is 63.2 Å². The van der Waals surface area contributed by atoms with E-state index in [1.807, 2.05) is 0 Å². The molecule has 1 saturated carbocycles. The van der Waals surface area contributed by atoms with Gasteiger partial charge < -0.3 is 39.7 Å². The van der Waals surface area contributed by atoms with Crippen LogP contribution in [0.1, 0.15) is 50.5 Å². The topological polar surface area (TPSA) is 157 Å². The van der Waals surface area contributed by atoms with E-state index in [1.54, 1.807) is 7.11 Å². The van der Waals surface area contributed by atoms with Crippen molar-refractivity contribution in [2.24, 2.45) is 5.92 Å². The van der Waals surface area contributed by atoms with E-state index < -0.39 is 36.4 Å². The van der Waals surface area contributed by atoms with Crippen LogP contribution in [-0.2, 0) is 20.9 Å². The van der Waals surface area contributed by atoms with Crippen LogP contribution < -0.4 is 9.47 Å². The van der Waals surface area contributed by atoms with Crippen molar-refractivity contribution in [1.82, 2.24) is 9.80 Å². The molecule has 1 saturated heterocycles. The van der Waals surface area contributed by atoms with E-state index >= 15 is 0 Å². The number of ether oxygens (including phenoxy) is 2. The Bertz CT molecular complexity index is 901. The Morgan fingerprint density at radius 1 is 1.05 bits per heavy atom. The monoisotopic (exact) mass is 524 g/mol. The van der Waals surface area contributed by atoms with Crippen LogP contribution in [0.5, 0.6) is 11.5 Å². The van der Waals surface area contributed by atoms with Gasteiger partial charge in [0.15, 0.2) is 17.1 Å². The van der Waals surface area contributed by atoms with Crippen molar-refractivity contribution in [3.05, 3.63) is 23.8 Å². The van der Waals surface area contributed by atoms with Gasteiger partial charge in [-0.1, -0.05) is 6.07 Å². The third kappa shape index (κ3) is 10.2. The number of hydrogen-bond acceptors (Lipinski definition) is 8. The van der Waals surface area contributed by atoms with Gasteiger partial charge in [0.1, 0.15) is 0 Å². The summed E-state index contributed by atoms with van der Waals surface area (Å²) in [6.07, 6.45) is 4.30. The zero-order valence-corrected chi connectivity index (χ0v) is 21.9. The number of carboxylic acid groups (broad SMARTS) is 3. The first-order valence-corrected chi connectivity index (χ1v) is 12.5. The summed E-state index contributed by atoms with van der Waals surface area (Å²) < 4.78 is 11.7. The summed E-state index contributed by atoms with van der Waals surface area (Å²) >= 11 is 0. The highest BCUT2D eigenvalue weighted by Gasteiger charge is 2.40. The summed E-state index contributed by atoms with van der Waals surface area (Å²) in [5.41, 5.74) is -1.45. The Morgan fingerprint density at radius 2 is 1.68 bits per heavy atom. The van der Waals surface area contributed by atoms with Crippen molar-refractivity contribution >= 4 is 17.9 Å². The second-order valence-electron chi connectivity index (χ2n) is 10.1. The summed E-state index contributed by atoms with van der Waals surface area (Å²) in [5, 5.41) is 33.8. The third-order valence-corrected chi connectivity index (χ3v) is 6.62. The summed E-state index contributed by atoms with van der Waals surface area (Å²) in [5.74, 6) is -2.46. The second kappa shape index (κ2) is 14.2. The van der Waals surface area contributed by atoms with Gasteiger partial charge in [0, 0.05) is 19.6 Å². The van der Waals surface area contributed by atoms with Crippen LogP contribution in [0.2, 0.25) is 0 Å². The smallest absolute Gasteiger partial charge is 0.336 e. The molecule has 0 amide bonds. The second-order valence-corrected chi connectivity index (χ2v) is 10.1. The fourth-order valence-corrected chi connectivity index (χ4v) is 4.80. The number of aliphatic carboxylic acids is 3. The van der Waals surface area contributed by atoms with Gasteiger partial charge in [-0.2, -0.15) is 0 Å². The molecule has 3 rings (SSSR count). The highest BCUT2D eigenvalue weighted by Crippen LogP contribution is 2.32. The molecule has 0 bridgehead atoms. The van der Waals surface area contributed by atoms with Gasteiger partial charge in [0.25, 0.3) is 0 Å². The summed E-state index contributed by atoms with van der Waals surface area (Å²) in [6, 6.07) is 6.41. The molecule has 1 aromatic rings. The van der Waals surface area contributed by atoms with Crippen molar-refractivity contribution in [1.29, 1.82) is 0 Å². The van der Waals surface area contributed by atoms with Crippen LogP contribution in [0.25, 0.3) is 0 Å². The summed E-state index contributed by atoms with van der Waals surface area (Å²) in [6.45, 7) is 4.58. The maximum atomic E-state index is 10.3. The number of benzene rings is 1. The Kier molecular flexibility index (Phi) is 11.6. The molecule has 1 atom stereocenters. The normalized spacial score (nSPS) is 18.4. The Hall–Kier alpha value is -2.89. The van der Waals surface area contributed by atoms with Crippen LogP contribution in [0, 0.1) is 5.92 Å². The lowest BCUT2D eigenvalue weighted by atomic mass is 9.96. The molecule has 0 aromatic heterocycles. The van der Waals surface area contributed by atoms with Crippen LogP contribution >= 0.6 is 0 Å². The van der Waals surface area contributed by atoms with Crippen molar-refractivity contribution in [3.63, 3.8) is 0 Å². The molecule has 2 aliphatic rings. The molecular formula is C26H40N2O9. The predicted molar refractivity (Wildman–Crippen MR) is 135 cm³/mol. The van der Waals surface area contributed by atoms with E-state index in [-0.39, 0.29) is 0 Å². The molecule has 1 heterocycles. The Morgan fingerprint density at radius 3 is 2.16 bits per heavy atom. The highest BCUT2D eigenvalue weighted by atomic mass is 16.5. The van der Waals surface area contributed by atoms with Gasteiger partial charge in [-0.15, -0.1) is 0 Å². The quantitative estimate of drug-likeness (QED) is 0.318. The lowest BCUT2D eigenvalue weighted by Crippen LogP contribution is -2.42. The van der Waals surface area contributed by atoms with Gasteiger partial charge in [0.2, 0.25) is 0 Å². The molecule has 208 valence electrons. The average molecular weight is 525 g/mol. The molecule has 11 heteroatoms. The number of carbonyl (C=O) groups is 3. The van der Waals surface area contributed by atoms with Gasteiger partial charge in [-0.05, 0) is 76.4 Å². The minimum atomic E-state index is -2.74. The number of nitrogens with zero attached hydrogens (tertiary/aromatic N) is 2. The molecule has 4 N–H and O–H groups in total. The minimum absolute atomic E-state index is 0.367. The lowest BCUT2D eigenvalue weighted by molar-refractivity contribution is -0.170. The summed E-state index contributed by atoms with van der Waals surface area (Å²) in [7, 11) is 6.17. The number of rotatable bonds is 12. The van der Waals surface area contributed by atoms with E-state index in [2.05, 4.69) is 42.1 Å². The fourth-order valence-electron chi connectivity index (χ4n) is 4.80. The molecule has 2 fully saturated rings. The fraction of sp³-hybridized carbons (Fsp3) is 0.654. The molecule has 0 radical (unpaired) electrons. The molecule has 11 nitrogen and oxygen atoms in total. The van der Waals surface area contributed by atoms with E-state index in [0.717, 1.165) is 30.5 Å². The van der Waals surface area contributed by atoms with Gasteiger partial charge in [-0.25, -0.2) is 4.79 Å².